The lowest BCUT2D eigenvalue weighted by molar-refractivity contribution is 0.449. The fourth-order valence-corrected chi connectivity index (χ4v) is 2.21. The molecule has 0 radical (unpaired) electrons. The molecule has 1 aliphatic heterocycles. The van der Waals surface area contributed by atoms with Gasteiger partial charge in [0.1, 0.15) is 0 Å². The summed E-state index contributed by atoms with van der Waals surface area (Å²) in [4.78, 5) is 15.9. The number of hydrogen-bond acceptors (Lipinski definition) is 4. The van der Waals surface area contributed by atoms with E-state index in [2.05, 4.69) is 16.4 Å². The molecule has 3 rings (SSSR count). The molecule has 0 fully saturated rings. The van der Waals surface area contributed by atoms with Gasteiger partial charge in [-0.25, -0.2) is 4.98 Å². The minimum absolute atomic E-state index is 0.103. The van der Waals surface area contributed by atoms with Crippen molar-refractivity contribution in [2.75, 3.05) is 11.9 Å². The van der Waals surface area contributed by atoms with Crippen molar-refractivity contribution < 1.29 is 4.74 Å². The second kappa shape index (κ2) is 4.76. The van der Waals surface area contributed by atoms with Gasteiger partial charge in [-0.1, -0.05) is 12.1 Å². The number of nitrogens with zero attached hydrogens (tertiary/aromatic N) is 2. The highest BCUT2D eigenvalue weighted by atomic mass is 16.5. The number of ether oxygens (including phenoxy) is 1. The Hall–Kier alpha value is -2.30. The molecule has 0 saturated heterocycles. The number of rotatable bonds is 2. The summed E-state index contributed by atoms with van der Waals surface area (Å²) in [5.74, 6) is 0.763. The van der Waals surface area contributed by atoms with Gasteiger partial charge in [0, 0.05) is 26.0 Å². The molecule has 2 aromatic rings. The first kappa shape index (κ1) is 11.8. The largest absolute Gasteiger partial charge is 0.432 e. The van der Waals surface area contributed by atoms with E-state index in [0.717, 1.165) is 25.1 Å². The molecule has 0 unspecified atom stereocenters. The number of anilines is 1. The number of benzene rings is 1. The molecule has 98 valence electrons. The van der Waals surface area contributed by atoms with E-state index >= 15 is 0 Å². The van der Waals surface area contributed by atoms with Gasteiger partial charge in [-0.15, -0.1) is 0 Å². The number of hydrogen-bond donors (Lipinski definition) is 1. The molecule has 2 heterocycles. The summed E-state index contributed by atoms with van der Waals surface area (Å²) < 4.78 is 7.13. The predicted octanol–water partition coefficient (Wildman–Crippen LogP) is 1.93. The molecule has 1 N–H and O–H groups in total. The summed E-state index contributed by atoms with van der Waals surface area (Å²) in [6, 6.07) is 5.87. The molecular formula is C14H15N3O2. The summed E-state index contributed by atoms with van der Waals surface area (Å²) >= 11 is 0. The Morgan fingerprint density at radius 2 is 2.32 bits per heavy atom. The van der Waals surface area contributed by atoms with E-state index in [1.54, 1.807) is 19.4 Å². The Morgan fingerprint density at radius 1 is 1.42 bits per heavy atom. The first-order chi connectivity index (χ1) is 9.25. The smallest absolute Gasteiger partial charge is 0.313 e. The predicted molar refractivity (Wildman–Crippen MR) is 72.8 cm³/mol. The first-order valence-corrected chi connectivity index (χ1v) is 6.31. The maximum Gasteiger partial charge on any atom is 0.313 e. The van der Waals surface area contributed by atoms with Crippen molar-refractivity contribution >= 4 is 5.69 Å². The van der Waals surface area contributed by atoms with Gasteiger partial charge in [0.25, 0.3) is 5.88 Å². The molecule has 5 heteroatoms. The lowest BCUT2D eigenvalue weighted by Crippen LogP contribution is -2.19. The Kier molecular flexibility index (Phi) is 2.95. The number of para-hydroxylation sites is 1. The van der Waals surface area contributed by atoms with Gasteiger partial charge in [-0.05, 0) is 24.5 Å². The molecular weight excluding hydrogens is 242 g/mol. The minimum atomic E-state index is -0.240. The molecule has 0 saturated carbocycles. The van der Waals surface area contributed by atoms with Gasteiger partial charge in [-0.3, -0.25) is 4.79 Å². The van der Waals surface area contributed by atoms with Crippen molar-refractivity contribution in [3.05, 3.63) is 46.5 Å². The van der Waals surface area contributed by atoms with Gasteiger partial charge >= 0.3 is 5.56 Å². The van der Waals surface area contributed by atoms with E-state index in [4.69, 9.17) is 4.74 Å². The quantitative estimate of drug-likeness (QED) is 0.893. The van der Waals surface area contributed by atoms with E-state index < -0.39 is 0 Å². The fraction of sp³-hybridized carbons (Fsp3) is 0.286. The Balaban J connectivity index is 2.00. The Bertz CT molecular complexity index is 664. The van der Waals surface area contributed by atoms with Crippen molar-refractivity contribution in [2.45, 2.75) is 12.8 Å². The first-order valence-electron chi connectivity index (χ1n) is 6.31. The van der Waals surface area contributed by atoms with Crippen LogP contribution >= 0.6 is 0 Å². The van der Waals surface area contributed by atoms with Gasteiger partial charge in [0.2, 0.25) is 0 Å². The summed E-state index contributed by atoms with van der Waals surface area (Å²) in [5.41, 5.74) is 1.95. The lowest BCUT2D eigenvalue weighted by atomic mass is 10.0. The highest BCUT2D eigenvalue weighted by molar-refractivity contribution is 5.63. The zero-order valence-electron chi connectivity index (χ0n) is 10.7. The van der Waals surface area contributed by atoms with Crippen LogP contribution in [-0.4, -0.2) is 16.1 Å². The third kappa shape index (κ3) is 2.19. The van der Waals surface area contributed by atoms with Gasteiger partial charge in [0.05, 0.1) is 5.69 Å². The molecule has 0 amide bonds. The fourth-order valence-electron chi connectivity index (χ4n) is 2.21. The van der Waals surface area contributed by atoms with E-state index in [1.165, 1.54) is 10.1 Å². The number of aryl methyl sites for hydroxylation is 2. The van der Waals surface area contributed by atoms with Crippen molar-refractivity contribution in [3.63, 3.8) is 0 Å². The zero-order chi connectivity index (χ0) is 13.2. The zero-order valence-corrected chi connectivity index (χ0v) is 10.7. The van der Waals surface area contributed by atoms with Crippen LogP contribution in [0.25, 0.3) is 0 Å². The number of aromatic nitrogens is 2. The Morgan fingerprint density at radius 3 is 3.21 bits per heavy atom. The van der Waals surface area contributed by atoms with Crippen LogP contribution in [0.15, 0.2) is 35.4 Å². The van der Waals surface area contributed by atoms with E-state index in [9.17, 15) is 4.79 Å². The highest BCUT2D eigenvalue weighted by Gasteiger charge is 2.15. The topological polar surface area (TPSA) is 56.1 Å². The van der Waals surface area contributed by atoms with Gasteiger partial charge in [-0.2, -0.15) is 0 Å². The van der Waals surface area contributed by atoms with E-state index in [1.807, 2.05) is 12.1 Å². The Labute approximate surface area is 110 Å². The van der Waals surface area contributed by atoms with Crippen molar-refractivity contribution in [3.8, 4) is 11.6 Å². The van der Waals surface area contributed by atoms with Crippen LogP contribution in [0, 0.1) is 0 Å². The van der Waals surface area contributed by atoms with Crippen molar-refractivity contribution in [1.29, 1.82) is 0 Å². The van der Waals surface area contributed by atoms with Crippen molar-refractivity contribution in [2.24, 2.45) is 7.05 Å². The summed E-state index contributed by atoms with van der Waals surface area (Å²) in [5, 5.41) is 3.32. The van der Waals surface area contributed by atoms with Crippen LogP contribution in [0.1, 0.15) is 12.0 Å². The standard InChI is InChI=1S/C14H15N3O2/c1-17-9-8-16-13(14(17)18)19-11-6-2-4-10-5-3-7-15-12(10)11/h2,4,6,8-9,15H,3,5,7H2,1H3. The molecule has 0 atom stereocenters. The molecule has 19 heavy (non-hydrogen) atoms. The maximum absolute atomic E-state index is 11.9. The average Bonchev–Trinajstić information content (AvgIpc) is 2.44. The van der Waals surface area contributed by atoms with Crippen LogP contribution < -0.4 is 15.6 Å². The molecule has 0 aliphatic carbocycles. The molecule has 5 nitrogen and oxygen atoms in total. The molecule has 0 spiro atoms. The average molecular weight is 257 g/mol. The van der Waals surface area contributed by atoms with Gasteiger partial charge < -0.3 is 14.6 Å². The van der Waals surface area contributed by atoms with Crippen LogP contribution in [-0.2, 0) is 13.5 Å². The second-order valence-corrected chi connectivity index (χ2v) is 4.57. The number of fused-ring (bicyclic) bond motifs is 1. The van der Waals surface area contributed by atoms with Crippen LogP contribution in [0.4, 0.5) is 5.69 Å². The summed E-state index contributed by atoms with van der Waals surface area (Å²) in [6.07, 6.45) is 5.30. The number of nitrogens with one attached hydrogen (secondary N) is 1. The molecule has 1 aromatic carbocycles. The summed E-state index contributed by atoms with van der Waals surface area (Å²) in [7, 11) is 1.68. The molecule has 1 aliphatic rings. The molecule has 0 bridgehead atoms. The van der Waals surface area contributed by atoms with Gasteiger partial charge in [0.15, 0.2) is 5.75 Å². The maximum atomic E-state index is 11.9. The SMILES string of the molecule is Cn1ccnc(Oc2cccc3c2NCCC3)c1=O. The third-order valence-corrected chi connectivity index (χ3v) is 3.23. The monoisotopic (exact) mass is 257 g/mol. The third-order valence-electron chi connectivity index (χ3n) is 3.23. The van der Waals surface area contributed by atoms with Crippen LogP contribution in [0.3, 0.4) is 0 Å². The van der Waals surface area contributed by atoms with E-state index in [0.29, 0.717) is 5.75 Å². The minimum Gasteiger partial charge on any atom is -0.432 e. The second-order valence-electron chi connectivity index (χ2n) is 4.57. The highest BCUT2D eigenvalue weighted by Crippen LogP contribution is 2.33. The van der Waals surface area contributed by atoms with Crippen LogP contribution in [0.5, 0.6) is 11.6 Å². The van der Waals surface area contributed by atoms with E-state index in [-0.39, 0.29) is 11.4 Å². The normalized spacial score (nSPS) is 13.5. The summed E-state index contributed by atoms with van der Waals surface area (Å²) in [6.45, 7) is 0.924. The molecule has 1 aromatic heterocycles. The van der Waals surface area contributed by atoms with Crippen LogP contribution in [0.2, 0.25) is 0 Å². The van der Waals surface area contributed by atoms with Crippen molar-refractivity contribution in [1.82, 2.24) is 9.55 Å². The lowest BCUT2D eigenvalue weighted by Gasteiger charge is -2.20.